The average molecular weight is 345 g/mol. The van der Waals surface area contributed by atoms with Crippen molar-refractivity contribution in [2.75, 3.05) is 32.7 Å². The molecule has 0 saturated carbocycles. The van der Waals surface area contributed by atoms with Crippen LogP contribution in [0.5, 0.6) is 0 Å². The maximum atomic E-state index is 12.6. The summed E-state index contributed by atoms with van der Waals surface area (Å²) < 4.78 is 1.11. The minimum Gasteiger partial charge on any atom is -0.392 e. The molecule has 1 aliphatic rings. The van der Waals surface area contributed by atoms with Gasteiger partial charge < -0.3 is 10.0 Å². The van der Waals surface area contributed by atoms with Crippen molar-refractivity contribution in [1.82, 2.24) is 9.80 Å². The second-order valence-corrected chi connectivity index (χ2v) is 7.88. The Balaban J connectivity index is 1.69. The quantitative estimate of drug-likeness (QED) is 0.931. The first-order valence-electron chi connectivity index (χ1n) is 6.91. The molecule has 7 heteroatoms. The highest BCUT2D eigenvalue weighted by Crippen LogP contribution is 2.39. The number of amides is 1. The van der Waals surface area contributed by atoms with Crippen LogP contribution in [0.2, 0.25) is 5.02 Å². The van der Waals surface area contributed by atoms with Gasteiger partial charge in [0.25, 0.3) is 5.91 Å². The fourth-order valence-corrected chi connectivity index (χ4v) is 5.17. The Kier molecular flexibility index (Phi) is 4.51. The monoisotopic (exact) mass is 344 g/mol. The predicted molar refractivity (Wildman–Crippen MR) is 88.7 cm³/mol. The molecule has 1 atom stereocenters. The number of fused-ring (bicyclic) bond motifs is 1. The standard InChI is InChI=1S/C14H17ClN2O2S2/c1-9(18)8-16-3-5-17(6-4-16)13(19)12-11(15)10-2-7-20-14(10)21-12/h2,7,9,18H,3-6,8H2,1H3/t9-/m1/s1. The second-order valence-electron chi connectivity index (χ2n) is 5.31. The maximum Gasteiger partial charge on any atom is 0.265 e. The SMILES string of the molecule is C[C@@H](O)CN1CCN(C(=O)c2sc3sccc3c2Cl)CC1. The Hall–Kier alpha value is -0.660. The normalized spacial score (nSPS) is 18.3. The van der Waals surface area contributed by atoms with Crippen LogP contribution >= 0.6 is 34.3 Å². The molecule has 3 heterocycles. The van der Waals surface area contributed by atoms with Crippen LogP contribution in [0.4, 0.5) is 0 Å². The van der Waals surface area contributed by atoms with Gasteiger partial charge in [0, 0.05) is 38.1 Å². The number of carbonyl (C=O) groups is 1. The van der Waals surface area contributed by atoms with Crippen LogP contribution in [0.25, 0.3) is 9.40 Å². The van der Waals surface area contributed by atoms with E-state index >= 15 is 0 Å². The van der Waals surface area contributed by atoms with Gasteiger partial charge in [0.2, 0.25) is 0 Å². The molecule has 1 N–H and O–H groups in total. The molecule has 2 aromatic heterocycles. The van der Waals surface area contributed by atoms with Gasteiger partial charge in [-0.1, -0.05) is 11.6 Å². The van der Waals surface area contributed by atoms with E-state index in [4.69, 9.17) is 11.6 Å². The van der Waals surface area contributed by atoms with Crippen molar-refractivity contribution in [3.63, 3.8) is 0 Å². The van der Waals surface area contributed by atoms with Crippen LogP contribution in [-0.4, -0.2) is 59.6 Å². The zero-order valence-corrected chi connectivity index (χ0v) is 14.1. The molecule has 1 amide bonds. The van der Waals surface area contributed by atoms with Gasteiger partial charge in [-0.25, -0.2) is 0 Å². The topological polar surface area (TPSA) is 43.8 Å². The Morgan fingerprint density at radius 1 is 1.43 bits per heavy atom. The molecule has 1 saturated heterocycles. The van der Waals surface area contributed by atoms with E-state index < -0.39 is 0 Å². The number of nitrogens with zero attached hydrogens (tertiary/aromatic N) is 2. The molecule has 0 aromatic carbocycles. The lowest BCUT2D eigenvalue weighted by atomic mass is 10.2. The highest BCUT2D eigenvalue weighted by molar-refractivity contribution is 7.38. The van der Waals surface area contributed by atoms with E-state index in [1.165, 1.54) is 11.3 Å². The predicted octanol–water partition coefficient (Wildman–Crippen LogP) is 2.75. The van der Waals surface area contributed by atoms with Crippen molar-refractivity contribution in [2.24, 2.45) is 0 Å². The largest absolute Gasteiger partial charge is 0.392 e. The van der Waals surface area contributed by atoms with Gasteiger partial charge in [0.05, 0.1) is 15.1 Å². The third-order valence-corrected chi connectivity index (χ3v) is 6.37. The third-order valence-electron chi connectivity index (χ3n) is 3.64. The minimum absolute atomic E-state index is 0.0325. The Bertz CT molecular complexity index is 644. The first-order chi connectivity index (χ1) is 10.1. The molecule has 1 fully saturated rings. The van der Waals surface area contributed by atoms with Gasteiger partial charge in [-0.2, -0.15) is 0 Å². The summed E-state index contributed by atoms with van der Waals surface area (Å²) in [6.07, 6.45) is -0.328. The van der Waals surface area contributed by atoms with Crippen LogP contribution in [0, 0.1) is 0 Å². The van der Waals surface area contributed by atoms with Crippen LogP contribution < -0.4 is 0 Å². The number of aliphatic hydroxyl groups excluding tert-OH is 1. The van der Waals surface area contributed by atoms with Crippen LogP contribution in [0.1, 0.15) is 16.6 Å². The van der Waals surface area contributed by atoms with Crippen molar-refractivity contribution < 1.29 is 9.90 Å². The maximum absolute atomic E-state index is 12.6. The van der Waals surface area contributed by atoms with E-state index in [0.29, 0.717) is 29.5 Å². The number of hydrogen-bond donors (Lipinski definition) is 1. The number of hydrogen-bond acceptors (Lipinski definition) is 5. The van der Waals surface area contributed by atoms with Crippen LogP contribution in [0.15, 0.2) is 11.4 Å². The lowest BCUT2D eigenvalue weighted by Gasteiger charge is -2.35. The summed E-state index contributed by atoms with van der Waals surface area (Å²) >= 11 is 9.44. The van der Waals surface area contributed by atoms with Crippen molar-refractivity contribution >= 4 is 49.6 Å². The summed E-state index contributed by atoms with van der Waals surface area (Å²) in [5.74, 6) is 0.0325. The van der Waals surface area contributed by atoms with E-state index in [2.05, 4.69) is 4.90 Å². The van der Waals surface area contributed by atoms with Crippen molar-refractivity contribution in [3.05, 3.63) is 21.3 Å². The van der Waals surface area contributed by atoms with Gasteiger partial charge in [-0.3, -0.25) is 9.69 Å². The molecule has 114 valence electrons. The third kappa shape index (κ3) is 3.10. The average Bonchev–Trinajstić information content (AvgIpc) is 3.02. The molecule has 0 unspecified atom stereocenters. The molecule has 4 nitrogen and oxygen atoms in total. The molecular formula is C14H17ClN2O2S2. The molecule has 0 spiro atoms. The van der Waals surface area contributed by atoms with Gasteiger partial charge in [-0.15, -0.1) is 22.7 Å². The van der Waals surface area contributed by atoms with E-state index in [9.17, 15) is 9.90 Å². The zero-order chi connectivity index (χ0) is 15.0. The van der Waals surface area contributed by atoms with Gasteiger partial charge >= 0.3 is 0 Å². The highest BCUT2D eigenvalue weighted by Gasteiger charge is 2.26. The molecule has 0 bridgehead atoms. The molecular weight excluding hydrogens is 328 g/mol. The summed E-state index contributed by atoms with van der Waals surface area (Å²) in [5, 5.41) is 13.0. The van der Waals surface area contributed by atoms with E-state index in [0.717, 1.165) is 22.5 Å². The van der Waals surface area contributed by atoms with Crippen molar-refractivity contribution in [1.29, 1.82) is 0 Å². The van der Waals surface area contributed by atoms with Gasteiger partial charge in [0.15, 0.2) is 0 Å². The number of carbonyl (C=O) groups excluding carboxylic acids is 1. The number of rotatable bonds is 3. The molecule has 3 rings (SSSR count). The lowest BCUT2D eigenvalue weighted by molar-refractivity contribution is 0.0558. The fourth-order valence-electron chi connectivity index (χ4n) is 2.59. The molecule has 0 radical (unpaired) electrons. The van der Waals surface area contributed by atoms with E-state index in [-0.39, 0.29) is 12.0 Å². The molecule has 2 aromatic rings. The summed E-state index contributed by atoms with van der Waals surface area (Å²) in [7, 11) is 0. The number of aliphatic hydroxyl groups is 1. The number of β-amino-alcohol motifs (C(OH)–C–C–N with tert-alkyl or cyclic N) is 1. The van der Waals surface area contributed by atoms with Crippen LogP contribution in [-0.2, 0) is 0 Å². The summed E-state index contributed by atoms with van der Waals surface area (Å²) in [6.45, 7) is 5.43. The summed E-state index contributed by atoms with van der Waals surface area (Å²) in [5.41, 5.74) is 0. The molecule has 0 aliphatic carbocycles. The Labute approximate surface area is 136 Å². The summed E-state index contributed by atoms with van der Waals surface area (Å²) in [6, 6.07) is 1.97. The van der Waals surface area contributed by atoms with Gasteiger partial charge in [-0.05, 0) is 18.4 Å². The smallest absolute Gasteiger partial charge is 0.265 e. The number of halogens is 1. The second kappa shape index (κ2) is 6.22. The zero-order valence-electron chi connectivity index (χ0n) is 11.7. The molecule has 1 aliphatic heterocycles. The van der Waals surface area contributed by atoms with Crippen LogP contribution in [0.3, 0.4) is 0 Å². The van der Waals surface area contributed by atoms with Gasteiger partial charge in [0.1, 0.15) is 4.88 Å². The Morgan fingerprint density at radius 2 is 2.14 bits per heavy atom. The van der Waals surface area contributed by atoms with E-state index in [1.54, 1.807) is 18.3 Å². The minimum atomic E-state index is -0.328. The Morgan fingerprint density at radius 3 is 2.76 bits per heavy atom. The first-order valence-corrected chi connectivity index (χ1v) is 8.99. The number of piperazine rings is 1. The highest BCUT2D eigenvalue weighted by atomic mass is 35.5. The fraction of sp³-hybridized carbons (Fsp3) is 0.500. The van der Waals surface area contributed by atoms with Crippen molar-refractivity contribution in [2.45, 2.75) is 13.0 Å². The summed E-state index contributed by atoms with van der Waals surface area (Å²) in [4.78, 5) is 17.3. The lowest BCUT2D eigenvalue weighted by Crippen LogP contribution is -2.50. The van der Waals surface area contributed by atoms with E-state index in [1.807, 2.05) is 16.3 Å². The number of thiophene rings is 2. The van der Waals surface area contributed by atoms with Crippen molar-refractivity contribution in [3.8, 4) is 0 Å². The first kappa shape index (κ1) is 15.2. The molecule has 21 heavy (non-hydrogen) atoms.